The van der Waals surface area contributed by atoms with Crippen molar-refractivity contribution in [3.63, 3.8) is 0 Å². The van der Waals surface area contributed by atoms with Gasteiger partial charge in [0.25, 0.3) is 0 Å². The average Bonchev–Trinajstić information content (AvgIpc) is 2.49. The van der Waals surface area contributed by atoms with Gasteiger partial charge in [0.15, 0.2) is 0 Å². The molecule has 3 heteroatoms. The molecule has 0 atom stereocenters. The van der Waals surface area contributed by atoms with E-state index >= 15 is 0 Å². The Bertz CT molecular complexity index is 782. The number of amides is 1. The number of benzene rings is 3. The second-order valence-electron chi connectivity index (χ2n) is 4.92. The van der Waals surface area contributed by atoms with Crippen molar-refractivity contribution in [2.24, 2.45) is 0 Å². The first-order chi connectivity index (χ1) is 10.2. The zero-order valence-electron chi connectivity index (χ0n) is 11.4. The van der Waals surface area contributed by atoms with Crippen molar-refractivity contribution in [1.82, 2.24) is 0 Å². The van der Waals surface area contributed by atoms with E-state index in [2.05, 4.69) is 5.32 Å². The molecule has 0 aromatic heterocycles. The lowest BCUT2D eigenvalue weighted by molar-refractivity contribution is -0.115. The van der Waals surface area contributed by atoms with Crippen molar-refractivity contribution in [3.05, 3.63) is 72.3 Å². The van der Waals surface area contributed by atoms with Gasteiger partial charge in [-0.1, -0.05) is 42.5 Å². The molecule has 3 aromatic carbocycles. The van der Waals surface area contributed by atoms with Gasteiger partial charge in [-0.3, -0.25) is 4.79 Å². The van der Waals surface area contributed by atoms with E-state index in [1.807, 2.05) is 60.7 Å². The highest BCUT2D eigenvalue weighted by molar-refractivity contribution is 5.94. The summed E-state index contributed by atoms with van der Waals surface area (Å²) >= 11 is 0. The number of hydrogen-bond acceptors (Lipinski definition) is 2. The maximum atomic E-state index is 12.0. The smallest absolute Gasteiger partial charge is 0.228 e. The van der Waals surface area contributed by atoms with Gasteiger partial charge >= 0.3 is 0 Å². The van der Waals surface area contributed by atoms with E-state index in [1.54, 1.807) is 6.07 Å². The van der Waals surface area contributed by atoms with Crippen molar-refractivity contribution in [1.29, 1.82) is 0 Å². The van der Waals surface area contributed by atoms with Crippen LogP contribution >= 0.6 is 0 Å². The van der Waals surface area contributed by atoms with Crippen molar-refractivity contribution in [2.75, 3.05) is 5.32 Å². The van der Waals surface area contributed by atoms with Crippen LogP contribution < -0.4 is 5.32 Å². The molecular formula is C18H15NO2. The highest BCUT2D eigenvalue weighted by atomic mass is 16.3. The lowest BCUT2D eigenvalue weighted by Gasteiger charge is -2.08. The van der Waals surface area contributed by atoms with Gasteiger partial charge in [0.1, 0.15) is 5.75 Å². The predicted octanol–water partition coefficient (Wildman–Crippen LogP) is 3.73. The number of nitrogens with one attached hydrogen (secondary N) is 1. The normalized spacial score (nSPS) is 10.5. The molecule has 1 amide bonds. The maximum Gasteiger partial charge on any atom is 0.228 e. The summed E-state index contributed by atoms with van der Waals surface area (Å²) in [6.07, 6.45) is 0.144. The van der Waals surface area contributed by atoms with Gasteiger partial charge in [-0.2, -0.15) is 0 Å². The molecule has 0 fully saturated rings. The molecule has 0 heterocycles. The van der Waals surface area contributed by atoms with E-state index in [-0.39, 0.29) is 18.1 Å². The van der Waals surface area contributed by atoms with Gasteiger partial charge < -0.3 is 10.4 Å². The summed E-state index contributed by atoms with van der Waals surface area (Å²) in [6, 6.07) is 20.6. The number of para-hydroxylation sites is 1. The first-order valence-electron chi connectivity index (χ1n) is 6.78. The first kappa shape index (κ1) is 13.2. The van der Waals surface area contributed by atoms with Gasteiger partial charge in [-0.25, -0.2) is 0 Å². The molecular weight excluding hydrogens is 262 g/mol. The third kappa shape index (κ3) is 3.03. The summed E-state index contributed by atoms with van der Waals surface area (Å²) in [5.74, 6) is 0.00342. The second kappa shape index (κ2) is 5.67. The zero-order valence-corrected chi connectivity index (χ0v) is 11.4. The Morgan fingerprint density at radius 2 is 1.52 bits per heavy atom. The number of phenolic OH excluding ortho intramolecular Hbond substituents is 1. The minimum absolute atomic E-state index is 0.144. The largest absolute Gasteiger partial charge is 0.508 e. The maximum absolute atomic E-state index is 12.0. The molecule has 0 unspecified atom stereocenters. The van der Waals surface area contributed by atoms with Crippen molar-refractivity contribution < 1.29 is 9.90 Å². The minimum Gasteiger partial charge on any atom is -0.508 e. The standard InChI is InChI=1S/C18H15NO2/c20-17-11-14-7-5-4-6-13(14)10-15(17)12-18(21)19-16-8-2-1-3-9-16/h1-11,20H,12H2,(H,19,21). The predicted molar refractivity (Wildman–Crippen MR) is 84.4 cm³/mol. The molecule has 2 N–H and O–H groups in total. The lowest BCUT2D eigenvalue weighted by atomic mass is 10.0. The van der Waals surface area contributed by atoms with E-state index < -0.39 is 0 Å². The summed E-state index contributed by atoms with van der Waals surface area (Å²) in [6.45, 7) is 0. The third-order valence-electron chi connectivity index (χ3n) is 3.36. The van der Waals surface area contributed by atoms with E-state index in [0.29, 0.717) is 5.56 Å². The second-order valence-corrected chi connectivity index (χ2v) is 4.92. The molecule has 0 bridgehead atoms. The highest BCUT2D eigenvalue weighted by Gasteiger charge is 2.09. The third-order valence-corrected chi connectivity index (χ3v) is 3.36. The molecule has 0 aliphatic heterocycles. The lowest BCUT2D eigenvalue weighted by Crippen LogP contribution is -2.14. The minimum atomic E-state index is -0.146. The Hall–Kier alpha value is -2.81. The van der Waals surface area contributed by atoms with Gasteiger partial charge in [-0.15, -0.1) is 0 Å². The molecule has 3 aromatic rings. The van der Waals surface area contributed by atoms with Crippen LogP contribution in [0, 0.1) is 0 Å². The number of fused-ring (bicyclic) bond motifs is 1. The molecule has 0 saturated carbocycles. The van der Waals surface area contributed by atoms with E-state index in [1.165, 1.54) is 0 Å². The molecule has 104 valence electrons. The topological polar surface area (TPSA) is 49.3 Å². The van der Waals surface area contributed by atoms with Gasteiger partial charge in [0.2, 0.25) is 5.91 Å². The van der Waals surface area contributed by atoms with Crippen LogP contribution in [0.2, 0.25) is 0 Å². The van der Waals surface area contributed by atoms with Crippen LogP contribution in [0.3, 0.4) is 0 Å². The Kier molecular flexibility index (Phi) is 3.56. The Morgan fingerprint density at radius 3 is 2.24 bits per heavy atom. The van der Waals surface area contributed by atoms with E-state index in [9.17, 15) is 9.90 Å². The Balaban J connectivity index is 1.81. The van der Waals surface area contributed by atoms with Crippen LogP contribution in [-0.2, 0) is 11.2 Å². The zero-order chi connectivity index (χ0) is 14.7. The average molecular weight is 277 g/mol. The van der Waals surface area contributed by atoms with Crippen LogP contribution in [-0.4, -0.2) is 11.0 Å². The van der Waals surface area contributed by atoms with Gasteiger partial charge in [-0.05, 0) is 35.0 Å². The fraction of sp³-hybridized carbons (Fsp3) is 0.0556. The number of rotatable bonds is 3. The number of aromatic hydroxyl groups is 1. The monoisotopic (exact) mass is 277 g/mol. The Labute approximate surface area is 122 Å². The first-order valence-corrected chi connectivity index (χ1v) is 6.78. The van der Waals surface area contributed by atoms with Crippen molar-refractivity contribution in [3.8, 4) is 5.75 Å². The molecule has 0 radical (unpaired) electrons. The molecule has 3 nitrogen and oxygen atoms in total. The summed E-state index contributed by atoms with van der Waals surface area (Å²) in [4.78, 5) is 12.0. The molecule has 0 saturated heterocycles. The molecule has 21 heavy (non-hydrogen) atoms. The summed E-state index contributed by atoms with van der Waals surface area (Å²) < 4.78 is 0. The fourth-order valence-electron chi connectivity index (χ4n) is 2.32. The van der Waals surface area contributed by atoms with Crippen LogP contribution in [0.15, 0.2) is 66.7 Å². The molecule has 0 spiro atoms. The quantitative estimate of drug-likeness (QED) is 0.766. The van der Waals surface area contributed by atoms with Gasteiger partial charge in [0, 0.05) is 11.3 Å². The van der Waals surface area contributed by atoms with Crippen LogP contribution in [0.4, 0.5) is 5.69 Å². The van der Waals surface area contributed by atoms with Crippen molar-refractivity contribution in [2.45, 2.75) is 6.42 Å². The van der Waals surface area contributed by atoms with E-state index in [0.717, 1.165) is 16.5 Å². The van der Waals surface area contributed by atoms with Crippen LogP contribution in [0.5, 0.6) is 5.75 Å². The molecule has 0 aliphatic carbocycles. The number of hydrogen-bond donors (Lipinski definition) is 2. The summed E-state index contributed by atoms with van der Waals surface area (Å²) in [5.41, 5.74) is 1.38. The van der Waals surface area contributed by atoms with Crippen LogP contribution in [0.1, 0.15) is 5.56 Å². The Morgan fingerprint density at radius 1 is 0.905 bits per heavy atom. The van der Waals surface area contributed by atoms with Gasteiger partial charge in [0.05, 0.1) is 6.42 Å². The number of carbonyl (C=O) groups excluding carboxylic acids is 1. The summed E-state index contributed by atoms with van der Waals surface area (Å²) in [5, 5.41) is 14.8. The molecule has 3 rings (SSSR count). The number of carbonyl (C=O) groups is 1. The van der Waals surface area contributed by atoms with Crippen molar-refractivity contribution >= 4 is 22.4 Å². The SMILES string of the molecule is O=C(Cc1cc2ccccc2cc1O)Nc1ccccc1. The molecule has 0 aliphatic rings. The van der Waals surface area contributed by atoms with E-state index in [4.69, 9.17) is 0 Å². The fourth-order valence-corrected chi connectivity index (χ4v) is 2.32. The number of anilines is 1. The summed E-state index contributed by atoms with van der Waals surface area (Å²) in [7, 11) is 0. The number of phenols is 1. The van der Waals surface area contributed by atoms with Crippen LogP contribution in [0.25, 0.3) is 10.8 Å². The highest BCUT2D eigenvalue weighted by Crippen LogP contribution is 2.25.